The molecule has 0 bridgehead atoms. The average molecular weight is 890 g/mol. The van der Waals surface area contributed by atoms with Crippen LogP contribution in [0.2, 0.25) is 0 Å². The summed E-state index contributed by atoms with van der Waals surface area (Å²) >= 11 is 0. The van der Waals surface area contributed by atoms with Crippen LogP contribution in [0.3, 0.4) is 0 Å². The van der Waals surface area contributed by atoms with E-state index in [0.717, 1.165) is 116 Å². The molecule has 3 unspecified atom stereocenters. The van der Waals surface area contributed by atoms with Crippen LogP contribution in [0.15, 0.2) is 66.7 Å². The molecule has 1 saturated heterocycles. The molecule has 1 aliphatic heterocycles. The predicted octanol–water partition coefficient (Wildman–Crippen LogP) is 6.89. The van der Waals surface area contributed by atoms with Crippen LogP contribution in [0.1, 0.15) is 62.8 Å². The normalized spacial score (nSPS) is 16.3. The summed E-state index contributed by atoms with van der Waals surface area (Å²) in [6.07, 6.45) is 0. The Morgan fingerprint density at radius 3 is 1.64 bits per heavy atom. The van der Waals surface area contributed by atoms with Crippen LogP contribution in [0.4, 0.5) is 5.69 Å². The topological polar surface area (TPSA) is 106 Å². The standard InChI is InChI=1S/C46H66N7O5P3/c1-10-53(11-2)42-32-37(23-24-43(42)55-6)21-22-38-31-41(49-46(33-38)61(9,54)58-14-5)36-52-29-27-50(34-39-17-15-19-44(47-39)59(7)56-12-3)25-26-51(28-30-52)35-40-18-16-20-45(48-40)60(8)57-13-4/h15-20,23-24,31-33H,10-14,25-30,34-36H2,1-9H3. The van der Waals surface area contributed by atoms with Gasteiger partial charge in [0.1, 0.15) is 11.2 Å². The largest absolute Gasteiger partial charge is 0.495 e. The Bertz CT molecular complexity index is 2040. The molecule has 0 amide bonds. The van der Waals surface area contributed by atoms with Crippen molar-refractivity contribution < 1.29 is 22.9 Å². The molecule has 1 fully saturated rings. The van der Waals surface area contributed by atoms with Crippen LogP contribution in [0.25, 0.3) is 0 Å². The molecule has 0 saturated carbocycles. The van der Waals surface area contributed by atoms with E-state index < -0.39 is 23.7 Å². The van der Waals surface area contributed by atoms with Gasteiger partial charge in [-0.1, -0.05) is 24.0 Å². The minimum absolute atomic E-state index is 0.325. The highest BCUT2D eigenvalue weighted by atomic mass is 31.2. The van der Waals surface area contributed by atoms with Gasteiger partial charge < -0.3 is 23.2 Å². The average Bonchev–Trinajstić information content (AvgIpc) is 3.34. The molecular weight excluding hydrogens is 823 g/mol. The second-order valence-electron chi connectivity index (χ2n) is 14.9. The van der Waals surface area contributed by atoms with Crippen molar-refractivity contribution in [3.63, 3.8) is 0 Å². The molecule has 0 aliphatic carbocycles. The lowest BCUT2D eigenvalue weighted by molar-refractivity contribution is 0.207. The third-order valence-electron chi connectivity index (χ3n) is 10.5. The summed E-state index contributed by atoms with van der Waals surface area (Å²) in [6, 6.07) is 22.5. The van der Waals surface area contributed by atoms with E-state index in [-0.39, 0.29) is 0 Å². The summed E-state index contributed by atoms with van der Waals surface area (Å²) in [5.74, 6) is 7.57. The van der Waals surface area contributed by atoms with Crippen LogP contribution in [-0.2, 0) is 37.8 Å². The third kappa shape index (κ3) is 14.6. The van der Waals surface area contributed by atoms with Crippen molar-refractivity contribution in [2.24, 2.45) is 0 Å². The van der Waals surface area contributed by atoms with E-state index in [1.807, 2.05) is 45.0 Å². The summed E-state index contributed by atoms with van der Waals surface area (Å²) in [5, 5.41) is 0. The Hall–Kier alpha value is -3.32. The summed E-state index contributed by atoms with van der Waals surface area (Å²) in [5.41, 5.74) is 7.97. The van der Waals surface area contributed by atoms with Crippen molar-refractivity contribution in [2.75, 3.05) is 104 Å². The number of ether oxygens (including phenoxy) is 1. The number of methoxy groups -OCH3 is 1. The minimum Gasteiger partial charge on any atom is -0.495 e. The number of benzene rings is 1. The molecule has 1 aliphatic rings. The van der Waals surface area contributed by atoms with Crippen LogP contribution in [-0.4, -0.2) is 129 Å². The summed E-state index contributed by atoms with van der Waals surface area (Å²) in [6.45, 7) is 26.6. The van der Waals surface area contributed by atoms with Gasteiger partial charge in [0.2, 0.25) is 7.37 Å². The third-order valence-corrected chi connectivity index (χ3v) is 15.4. The van der Waals surface area contributed by atoms with Crippen LogP contribution in [0.5, 0.6) is 5.75 Å². The van der Waals surface area contributed by atoms with Crippen molar-refractivity contribution in [2.45, 2.75) is 54.3 Å². The molecule has 4 heterocycles. The Morgan fingerprint density at radius 2 is 1.16 bits per heavy atom. The number of hydrogen-bond acceptors (Lipinski definition) is 12. The lowest BCUT2D eigenvalue weighted by Crippen LogP contribution is -2.36. The van der Waals surface area contributed by atoms with Crippen molar-refractivity contribution in [3.8, 4) is 17.6 Å². The highest BCUT2D eigenvalue weighted by Gasteiger charge is 2.24. The van der Waals surface area contributed by atoms with E-state index in [2.05, 4.69) is 101 Å². The summed E-state index contributed by atoms with van der Waals surface area (Å²) in [4.78, 5) is 24.8. The first kappa shape index (κ1) is 48.7. The molecule has 0 spiro atoms. The monoisotopic (exact) mass is 889 g/mol. The molecule has 1 aromatic carbocycles. The predicted molar refractivity (Wildman–Crippen MR) is 254 cm³/mol. The van der Waals surface area contributed by atoms with Gasteiger partial charge in [-0.3, -0.25) is 19.3 Å². The summed E-state index contributed by atoms with van der Waals surface area (Å²) < 4.78 is 37.3. The van der Waals surface area contributed by atoms with E-state index in [1.54, 1.807) is 13.8 Å². The molecule has 0 radical (unpaired) electrons. The van der Waals surface area contributed by atoms with Crippen LogP contribution in [0, 0.1) is 11.8 Å². The first-order valence-electron chi connectivity index (χ1n) is 21.5. The highest BCUT2D eigenvalue weighted by molar-refractivity contribution is 7.66. The molecule has 15 heteroatoms. The molecule has 0 N–H and O–H groups in total. The number of aromatic nitrogens is 3. The van der Waals surface area contributed by atoms with E-state index >= 15 is 0 Å². The first-order valence-corrected chi connectivity index (χ1v) is 27.0. The Morgan fingerprint density at radius 1 is 0.656 bits per heavy atom. The number of hydrogen-bond donors (Lipinski definition) is 0. The summed E-state index contributed by atoms with van der Waals surface area (Å²) in [7, 11) is -3.04. The molecule has 5 rings (SSSR count). The zero-order valence-corrected chi connectivity index (χ0v) is 40.4. The van der Waals surface area contributed by atoms with Crippen molar-refractivity contribution >= 4 is 45.7 Å². The smallest absolute Gasteiger partial charge is 0.247 e. The fourth-order valence-corrected chi connectivity index (χ4v) is 10.8. The Balaban J connectivity index is 1.45. The van der Waals surface area contributed by atoms with Crippen LogP contribution >= 0.6 is 23.7 Å². The SMILES string of the molecule is CCOP(C)c1cccc(CN2CCN(Cc3cccc(P(C)OCC)n3)CCN(Cc3cc(C#Cc4ccc(OC)c(N(CC)CC)c4)cc(P(C)(=O)OCC)n3)CC2)n1. The van der Waals surface area contributed by atoms with Gasteiger partial charge in [0.15, 0.2) is 0 Å². The number of pyridine rings is 3. The number of nitrogens with zero attached hydrogens (tertiary/aromatic N) is 7. The maximum atomic E-state index is 13.9. The van der Waals surface area contributed by atoms with Crippen molar-refractivity contribution in [1.82, 2.24) is 29.7 Å². The van der Waals surface area contributed by atoms with Crippen molar-refractivity contribution in [3.05, 3.63) is 94.9 Å². The van der Waals surface area contributed by atoms with E-state index in [0.29, 0.717) is 31.8 Å². The first-order chi connectivity index (χ1) is 29.5. The van der Waals surface area contributed by atoms with E-state index in [9.17, 15) is 4.57 Å². The second-order valence-corrected chi connectivity index (χ2v) is 20.7. The molecular formula is C46H66N7O5P3. The molecule has 3 aromatic heterocycles. The lowest BCUT2D eigenvalue weighted by atomic mass is 10.1. The lowest BCUT2D eigenvalue weighted by Gasteiger charge is -2.26. The number of rotatable bonds is 19. The van der Waals surface area contributed by atoms with Gasteiger partial charge in [0, 0.05) is 103 Å². The van der Waals surface area contributed by atoms with Gasteiger partial charge in [-0.05, 0) is 103 Å². The zero-order valence-electron chi connectivity index (χ0n) is 37.8. The molecule has 330 valence electrons. The van der Waals surface area contributed by atoms with Gasteiger partial charge in [-0.25, -0.2) is 15.0 Å². The molecule has 3 atom stereocenters. The van der Waals surface area contributed by atoms with Gasteiger partial charge in [0.05, 0.1) is 63.7 Å². The maximum absolute atomic E-state index is 13.9. The fourth-order valence-electron chi connectivity index (χ4n) is 7.30. The highest BCUT2D eigenvalue weighted by Crippen LogP contribution is 2.40. The minimum atomic E-state index is -3.21. The van der Waals surface area contributed by atoms with Gasteiger partial charge in [-0.2, -0.15) is 0 Å². The van der Waals surface area contributed by atoms with Gasteiger partial charge in [0.25, 0.3) is 0 Å². The fraction of sp³-hybridized carbons (Fsp3) is 0.500. The van der Waals surface area contributed by atoms with Crippen LogP contribution < -0.4 is 25.9 Å². The molecule has 12 nitrogen and oxygen atoms in total. The Kier molecular flexibility index (Phi) is 19.6. The maximum Gasteiger partial charge on any atom is 0.247 e. The molecule has 61 heavy (non-hydrogen) atoms. The van der Waals surface area contributed by atoms with E-state index in [1.165, 1.54) is 0 Å². The van der Waals surface area contributed by atoms with Crippen molar-refractivity contribution in [1.29, 1.82) is 0 Å². The van der Waals surface area contributed by atoms with Gasteiger partial charge >= 0.3 is 0 Å². The molecule has 4 aromatic rings. The van der Waals surface area contributed by atoms with Gasteiger partial charge in [-0.15, -0.1) is 0 Å². The Labute approximate surface area is 367 Å². The number of anilines is 1. The van der Waals surface area contributed by atoms with E-state index in [4.69, 9.17) is 33.3 Å². The zero-order chi connectivity index (χ0) is 43.8. The second kappa shape index (κ2) is 24.5. The quantitative estimate of drug-likeness (QED) is 0.0724.